The minimum atomic E-state index is 0.652. The fourth-order valence-corrected chi connectivity index (χ4v) is 7.03. The predicted octanol–water partition coefficient (Wildman–Crippen LogP) is 11.6. The topological polar surface area (TPSA) is 51.6 Å². The summed E-state index contributed by atoms with van der Waals surface area (Å²) in [6, 6.07) is 55.2. The zero-order valence-electron chi connectivity index (χ0n) is 27.1. The molecule has 4 heteroatoms. The van der Waals surface area contributed by atoms with Crippen LogP contribution in [0.4, 0.5) is 0 Å². The average Bonchev–Trinajstić information content (AvgIpc) is 3.20. The molecule has 0 bridgehead atoms. The van der Waals surface area contributed by atoms with Gasteiger partial charge in [-0.2, -0.15) is 0 Å². The minimum Gasteiger partial charge on any atom is -0.264 e. The first-order chi connectivity index (χ1) is 24.8. The van der Waals surface area contributed by atoms with Gasteiger partial charge in [0, 0.05) is 47.0 Å². The van der Waals surface area contributed by atoms with Crippen molar-refractivity contribution in [3.8, 4) is 67.3 Å². The van der Waals surface area contributed by atoms with E-state index >= 15 is 0 Å². The number of hydrogen-bond acceptors (Lipinski definition) is 4. The molecule has 0 amide bonds. The maximum absolute atomic E-state index is 5.25. The van der Waals surface area contributed by atoms with Crippen LogP contribution >= 0.6 is 0 Å². The third kappa shape index (κ3) is 5.29. The summed E-state index contributed by atoms with van der Waals surface area (Å²) in [5.74, 6) is 0.652. The van der Waals surface area contributed by atoms with E-state index in [4.69, 9.17) is 9.97 Å². The standard InChI is InChI=1S/C46H30N4/c1-2-13-31(14-3-1)44-38-21-6-8-23-40(38)45(41-24-9-7-22-39(41)44)32-15-10-16-33(27-32)46-49-42(35-18-12-26-48-30-35)28-43(50-46)37-20-5-4-19-36(37)34-17-11-25-47-29-34/h1-30H. The van der Waals surface area contributed by atoms with Crippen molar-refractivity contribution in [1.82, 2.24) is 19.9 Å². The van der Waals surface area contributed by atoms with E-state index in [1.165, 1.54) is 38.2 Å². The van der Waals surface area contributed by atoms with Crippen molar-refractivity contribution in [2.45, 2.75) is 0 Å². The third-order valence-corrected chi connectivity index (χ3v) is 9.26. The van der Waals surface area contributed by atoms with E-state index in [0.29, 0.717) is 5.82 Å². The van der Waals surface area contributed by atoms with Gasteiger partial charge in [-0.05, 0) is 79.7 Å². The van der Waals surface area contributed by atoms with Crippen molar-refractivity contribution in [3.63, 3.8) is 0 Å². The molecule has 50 heavy (non-hydrogen) atoms. The Kier molecular flexibility index (Phi) is 7.45. The maximum Gasteiger partial charge on any atom is 0.160 e. The maximum atomic E-state index is 5.25. The molecule has 0 atom stereocenters. The zero-order chi connectivity index (χ0) is 33.3. The fourth-order valence-electron chi connectivity index (χ4n) is 7.03. The molecule has 0 spiro atoms. The summed E-state index contributed by atoms with van der Waals surface area (Å²) in [7, 11) is 0. The summed E-state index contributed by atoms with van der Waals surface area (Å²) in [5, 5.41) is 4.86. The number of fused-ring (bicyclic) bond motifs is 2. The van der Waals surface area contributed by atoms with Gasteiger partial charge in [0.15, 0.2) is 5.82 Å². The van der Waals surface area contributed by atoms with E-state index in [1.807, 2.05) is 30.6 Å². The lowest BCUT2D eigenvalue weighted by atomic mass is 9.85. The Morgan fingerprint density at radius 3 is 1.46 bits per heavy atom. The van der Waals surface area contributed by atoms with Gasteiger partial charge >= 0.3 is 0 Å². The molecule has 0 fully saturated rings. The van der Waals surface area contributed by atoms with Gasteiger partial charge < -0.3 is 0 Å². The van der Waals surface area contributed by atoms with Crippen LogP contribution in [0.25, 0.3) is 88.8 Å². The highest BCUT2D eigenvalue weighted by atomic mass is 14.9. The highest BCUT2D eigenvalue weighted by Gasteiger charge is 2.18. The number of pyridine rings is 2. The van der Waals surface area contributed by atoms with Gasteiger partial charge in [0.2, 0.25) is 0 Å². The smallest absolute Gasteiger partial charge is 0.160 e. The lowest BCUT2D eigenvalue weighted by Crippen LogP contribution is -1.98. The summed E-state index contributed by atoms with van der Waals surface area (Å²) >= 11 is 0. The number of hydrogen-bond donors (Lipinski definition) is 0. The summed E-state index contributed by atoms with van der Waals surface area (Å²) in [4.78, 5) is 19.2. The van der Waals surface area contributed by atoms with Crippen LogP contribution in [-0.2, 0) is 0 Å². The van der Waals surface area contributed by atoms with Crippen molar-refractivity contribution in [3.05, 3.63) is 183 Å². The van der Waals surface area contributed by atoms with Gasteiger partial charge in [0.1, 0.15) is 0 Å². The van der Waals surface area contributed by atoms with E-state index in [2.05, 4.69) is 149 Å². The number of nitrogens with zero attached hydrogens (tertiary/aromatic N) is 4. The Balaban J connectivity index is 1.26. The Bertz CT molecular complexity index is 2580. The molecular formula is C46H30N4. The molecule has 234 valence electrons. The van der Waals surface area contributed by atoms with E-state index in [0.717, 1.165) is 44.8 Å². The molecule has 9 aromatic rings. The number of aromatic nitrogens is 4. The third-order valence-electron chi connectivity index (χ3n) is 9.26. The van der Waals surface area contributed by atoms with Crippen LogP contribution in [0.5, 0.6) is 0 Å². The molecule has 0 unspecified atom stereocenters. The molecule has 0 saturated heterocycles. The molecule has 6 aromatic carbocycles. The van der Waals surface area contributed by atoms with Crippen molar-refractivity contribution in [2.75, 3.05) is 0 Å². The summed E-state index contributed by atoms with van der Waals surface area (Å²) in [6.07, 6.45) is 7.32. The molecule has 4 nitrogen and oxygen atoms in total. The second-order valence-electron chi connectivity index (χ2n) is 12.3. The predicted molar refractivity (Wildman–Crippen MR) is 205 cm³/mol. The zero-order valence-corrected chi connectivity index (χ0v) is 27.1. The van der Waals surface area contributed by atoms with Crippen LogP contribution in [0.3, 0.4) is 0 Å². The summed E-state index contributed by atoms with van der Waals surface area (Å²) in [5.41, 5.74) is 11.4. The molecule has 3 heterocycles. The van der Waals surface area contributed by atoms with Crippen LogP contribution < -0.4 is 0 Å². The Morgan fingerprint density at radius 2 is 0.820 bits per heavy atom. The molecule has 0 aliphatic rings. The molecule has 3 aromatic heterocycles. The largest absolute Gasteiger partial charge is 0.264 e. The van der Waals surface area contributed by atoms with Crippen molar-refractivity contribution < 1.29 is 0 Å². The van der Waals surface area contributed by atoms with E-state index in [9.17, 15) is 0 Å². The summed E-state index contributed by atoms with van der Waals surface area (Å²) < 4.78 is 0. The monoisotopic (exact) mass is 638 g/mol. The van der Waals surface area contributed by atoms with E-state index in [-0.39, 0.29) is 0 Å². The SMILES string of the molecule is c1ccc(-c2c3ccccc3c(-c3cccc(-c4nc(-c5cccnc5)cc(-c5ccccc5-c5cccnc5)n4)c3)c3ccccc23)cc1. The molecule has 0 saturated carbocycles. The molecule has 0 radical (unpaired) electrons. The van der Waals surface area contributed by atoms with Gasteiger partial charge in [0.05, 0.1) is 11.4 Å². The quantitative estimate of drug-likeness (QED) is 0.170. The van der Waals surface area contributed by atoms with E-state index < -0.39 is 0 Å². The first-order valence-corrected chi connectivity index (χ1v) is 16.7. The van der Waals surface area contributed by atoms with Crippen LogP contribution in [0, 0.1) is 0 Å². The van der Waals surface area contributed by atoms with Gasteiger partial charge in [-0.25, -0.2) is 9.97 Å². The number of rotatable bonds is 6. The minimum absolute atomic E-state index is 0.652. The van der Waals surface area contributed by atoms with Crippen LogP contribution in [0.1, 0.15) is 0 Å². The highest BCUT2D eigenvalue weighted by Crippen LogP contribution is 2.44. The lowest BCUT2D eigenvalue weighted by molar-refractivity contribution is 1.18. The second-order valence-corrected chi connectivity index (χ2v) is 12.3. The van der Waals surface area contributed by atoms with Gasteiger partial charge in [0.25, 0.3) is 0 Å². The van der Waals surface area contributed by atoms with Crippen molar-refractivity contribution in [1.29, 1.82) is 0 Å². The second kappa shape index (κ2) is 12.7. The molecule has 0 aliphatic carbocycles. The van der Waals surface area contributed by atoms with Crippen LogP contribution in [-0.4, -0.2) is 19.9 Å². The lowest BCUT2D eigenvalue weighted by Gasteiger charge is -2.18. The fraction of sp³-hybridized carbons (Fsp3) is 0. The normalized spacial score (nSPS) is 11.2. The van der Waals surface area contributed by atoms with Gasteiger partial charge in [-0.1, -0.05) is 127 Å². The summed E-state index contributed by atoms with van der Waals surface area (Å²) in [6.45, 7) is 0. The molecule has 9 rings (SSSR count). The van der Waals surface area contributed by atoms with E-state index in [1.54, 1.807) is 12.4 Å². The molecular weight excluding hydrogens is 609 g/mol. The Hall–Kier alpha value is -6.78. The first-order valence-electron chi connectivity index (χ1n) is 16.7. The Labute approximate surface area is 290 Å². The van der Waals surface area contributed by atoms with Crippen LogP contribution in [0.15, 0.2) is 183 Å². The van der Waals surface area contributed by atoms with Crippen LogP contribution in [0.2, 0.25) is 0 Å². The van der Waals surface area contributed by atoms with Crippen molar-refractivity contribution in [2.24, 2.45) is 0 Å². The van der Waals surface area contributed by atoms with Gasteiger partial charge in [-0.3, -0.25) is 9.97 Å². The van der Waals surface area contributed by atoms with Gasteiger partial charge in [-0.15, -0.1) is 0 Å². The molecule has 0 aliphatic heterocycles. The average molecular weight is 639 g/mol. The highest BCUT2D eigenvalue weighted by molar-refractivity contribution is 6.21. The number of benzene rings is 6. The Morgan fingerprint density at radius 1 is 0.320 bits per heavy atom. The first kappa shape index (κ1) is 29.4. The molecule has 0 N–H and O–H groups in total. The van der Waals surface area contributed by atoms with Crippen molar-refractivity contribution >= 4 is 21.5 Å².